The number of carbonyl (C=O) groups is 1. The van der Waals surface area contributed by atoms with Crippen LogP contribution in [-0.2, 0) is 11.8 Å². The van der Waals surface area contributed by atoms with Gasteiger partial charge < -0.3 is 10.0 Å². The van der Waals surface area contributed by atoms with Crippen LogP contribution in [0, 0.1) is 11.8 Å². The van der Waals surface area contributed by atoms with Gasteiger partial charge in [0, 0.05) is 29.3 Å². The highest BCUT2D eigenvalue weighted by molar-refractivity contribution is 7.80. The Hall–Kier alpha value is -2.64. The number of thiocarbonyl (C=S) groups is 1. The van der Waals surface area contributed by atoms with Crippen molar-refractivity contribution in [2.75, 3.05) is 4.90 Å². The molecule has 0 aromatic heterocycles. The van der Waals surface area contributed by atoms with Gasteiger partial charge in [-0.3, -0.25) is 0 Å². The number of aromatic carboxylic acids is 1. The van der Waals surface area contributed by atoms with Gasteiger partial charge in [-0.1, -0.05) is 44.8 Å². The molecule has 0 amide bonds. The lowest BCUT2D eigenvalue weighted by Gasteiger charge is -2.42. The molecule has 0 saturated carbocycles. The van der Waals surface area contributed by atoms with Gasteiger partial charge in [0.2, 0.25) is 0 Å². The molecule has 0 saturated heterocycles. The highest BCUT2D eigenvalue weighted by atomic mass is 32.1. The fourth-order valence-corrected chi connectivity index (χ4v) is 4.61. The van der Waals surface area contributed by atoms with Gasteiger partial charge in [0.1, 0.15) is 0 Å². The van der Waals surface area contributed by atoms with E-state index in [9.17, 15) is 9.90 Å². The maximum atomic E-state index is 11.3. The summed E-state index contributed by atoms with van der Waals surface area (Å²) in [6, 6.07) is 11.9. The second-order valence-corrected chi connectivity index (χ2v) is 8.90. The average molecular weight is 406 g/mol. The summed E-state index contributed by atoms with van der Waals surface area (Å²) in [4.78, 5) is 14.5. The molecule has 150 valence electrons. The molecule has 0 spiro atoms. The number of benzene rings is 2. The van der Waals surface area contributed by atoms with E-state index in [0.717, 1.165) is 28.1 Å². The van der Waals surface area contributed by atoms with Crippen molar-refractivity contribution in [3.8, 4) is 11.8 Å². The number of carboxylic acids is 1. The van der Waals surface area contributed by atoms with Crippen molar-refractivity contribution in [3.05, 3.63) is 64.2 Å². The fourth-order valence-electron chi connectivity index (χ4n) is 3.94. The Labute approximate surface area is 178 Å². The Bertz CT molecular complexity index is 1040. The molecule has 0 fully saturated rings. The van der Waals surface area contributed by atoms with Crippen LogP contribution in [0.2, 0.25) is 0 Å². The topological polar surface area (TPSA) is 40.5 Å². The van der Waals surface area contributed by atoms with Crippen LogP contribution in [0.5, 0.6) is 0 Å². The van der Waals surface area contributed by atoms with Gasteiger partial charge in [0.25, 0.3) is 0 Å². The molecule has 2 aromatic carbocycles. The molecule has 4 heteroatoms. The van der Waals surface area contributed by atoms with E-state index in [1.165, 1.54) is 11.3 Å². The highest BCUT2D eigenvalue weighted by Crippen LogP contribution is 2.42. The van der Waals surface area contributed by atoms with Crippen LogP contribution in [-0.4, -0.2) is 22.1 Å². The number of carboxylic acid groups (broad SMARTS) is 1. The summed E-state index contributed by atoms with van der Waals surface area (Å²) >= 11 is 5.69. The van der Waals surface area contributed by atoms with Gasteiger partial charge in [0.15, 0.2) is 0 Å². The standard InChI is InChI=1S/C25H27NO2S/c1-6-19-13-17(9-11-20(19)24(27)28)7-8-18-10-12-22-21(14-18)25(4,5)15-23(29)26(22)16(2)3/h9-14,16H,6,15H2,1-5H3,(H,27,28). The predicted octanol–water partition coefficient (Wildman–Crippen LogP) is 5.57. The Morgan fingerprint density at radius 1 is 1.17 bits per heavy atom. The number of hydrogen-bond donors (Lipinski definition) is 1. The third kappa shape index (κ3) is 4.21. The first kappa shape index (κ1) is 21.1. The monoisotopic (exact) mass is 405 g/mol. The first-order chi connectivity index (χ1) is 13.6. The van der Waals surface area contributed by atoms with Crippen molar-refractivity contribution in [1.29, 1.82) is 0 Å². The molecule has 0 unspecified atom stereocenters. The van der Waals surface area contributed by atoms with Crippen LogP contribution in [0.25, 0.3) is 0 Å². The van der Waals surface area contributed by atoms with E-state index in [2.05, 4.69) is 56.6 Å². The maximum Gasteiger partial charge on any atom is 0.335 e. The van der Waals surface area contributed by atoms with E-state index in [4.69, 9.17) is 12.2 Å². The molecule has 1 aliphatic heterocycles. The lowest BCUT2D eigenvalue weighted by molar-refractivity contribution is 0.0695. The van der Waals surface area contributed by atoms with Crippen molar-refractivity contribution >= 4 is 28.9 Å². The van der Waals surface area contributed by atoms with Crippen LogP contribution in [0.1, 0.15) is 73.7 Å². The van der Waals surface area contributed by atoms with E-state index in [1.54, 1.807) is 12.1 Å². The second kappa shape index (κ2) is 8.00. The Morgan fingerprint density at radius 3 is 2.38 bits per heavy atom. The first-order valence-electron chi connectivity index (χ1n) is 9.99. The number of anilines is 1. The predicted molar refractivity (Wildman–Crippen MR) is 123 cm³/mol. The smallest absolute Gasteiger partial charge is 0.335 e. The van der Waals surface area contributed by atoms with Crippen molar-refractivity contribution in [3.63, 3.8) is 0 Å². The summed E-state index contributed by atoms with van der Waals surface area (Å²) in [5.41, 5.74) is 5.33. The summed E-state index contributed by atoms with van der Waals surface area (Å²) in [5, 5.41) is 9.29. The minimum Gasteiger partial charge on any atom is -0.478 e. The van der Waals surface area contributed by atoms with E-state index < -0.39 is 5.97 Å². The van der Waals surface area contributed by atoms with Gasteiger partial charge in [-0.25, -0.2) is 4.79 Å². The minimum absolute atomic E-state index is 0.0337. The van der Waals surface area contributed by atoms with Gasteiger partial charge in [-0.15, -0.1) is 0 Å². The van der Waals surface area contributed by atoms with E-state index in [0.29, 0.717) is 18.0 Å². The molecule has 3 nitrogen and oxygen atoms in total. The summed E-state index contributed by atoms with van der Waals surface area (Å²) in [5.74, 6) is 5.55. The number of rotatable bonds is 3. The lowest BCUT2D eigenvalue weighted by Crippen LogP contribution is -2.44. The summed E-state index contributed by atoms with van der Waals surface area (Å²) in [6.45, 7) is 10.7. The molecular formula is C25H27NO2S. The normalized spacial score (nSPS) is 15.0. The van der Waals surface area contributed by atoms with Crippen molar-refractivity contribution in [2.45, 2.75) is 58.9 Å². The number of hydrogen-bond acceptors (Lipinski definition) is 2. The maximum absolute atomic E-state index is 11.3. The zero-order valence-electron chi connectivity index (χ0n) is 17.7. The van der Waals surface area contributed by atoms with Gasteiger partial charge in [-0.2, -0.15) is 0 Å². The van der Waals surface area contributed by atoms with Crippen molar-refractivity contribution in [1.82, 2.24) is 0 Å². The number of nitrogens with zero attached hydrogens (tertiary/aromatic N) is 1. The third-order valence-electron chi connectivity index (χ3n) is 5.43. The zero-order chi connectivity index (χ0) is 21.3. The Morgan fingerprint density at radius 2 is 1.79 bits per heavy atom. The zero-order valence-corrected chi connectivity index (χ0v) is 18.5. The second-order valence-electron chi connectivity index (χ2n) is 8.43. The molecule has 2 aromatic rings. The Kier molecular flexibility index (Phi) is 5.82. The van der Waals surface area contributed by atoms with Crippen molar-refractivity contribution < 1.29 is 9.90 Å². The third-order valence-corrected chi connectivity index (χ3v) is 5.77. The molecule has 0 atom stereocenters. The summed E-state index contributed by atoms with van der Waals surface area (Å²) < 4.78 is 0. The van der Waals surface area contributed by atoms with E-state index >= 15 is 0 Å². The largest absolute Gasteiger partial charge is 0.478 e. The van der Waals surface area contributed by atoms with Crippen molar-refractivity contribution in [2.24, 2.45) is 0 Å². The molecule has 0 bridgehead atoms. The molecular weight excluding hydrogens is 378 g/mol. The van der Waals surface area contributed by atoms with Gasteiger partial charge in [0.05, 0.1) is 10.6 Å². The SMILES string of the molecule is CCc1cc(C#Cc2ccc3c(c2)C(C)(C)CC(=S)N3C(C)C)ccc1C(=O)O. The fraction of sp³-hybridized carbons (Fsp3) is 0.360. The molecule has 29 heavy (non-hydrogen) atoms. The van der Waals surface area contributed by atoms with Gasteiger partial charge in [-0.05, 0) is 73.2 Å². The van der Waals surface area contributed by atoms with Gasteiger partial charge >= 0.3 is 5.97 Å². The first-order valence-corrected chi connectivity index (χ1v) is 10.4. The molecule has 1 aliphatic rings. The lowest BCUT2D eigenvalue weighted by atomic mass is 9.76. The van der Waals surface area contributed by atoms with Crippen LogP contribution < -0.4 is 4.90 Å². The average Bonchev–Trinajstić information content (AvgIpc) is 2.65. The summed E-state index contributed by atoms with van der Waals surface area (Å²) in [6.07, 6.45) is 1.51. The highest BCUT2D eigenvalue weighted by Gasteiger charge is 2.35. The minimum atomic E-state index is -0.897. The molecule has 1 N–H and O–H groups in total. The van der Waals surface area contributed by atoms with Crippen LogP contribution >= 0.6 is 12.2 Å². The summed E-state index contributed by atoms with van der Waals surface area (Å²) in [7, 11) is 0. The van der Waals surface area contributed by atoms with E-state index in [1.807, 2.05) is 19.1 Å². The van der Waals surface area contributed by atoms with Crippen LogP contribution in [0.3, 0.4) is 0 Å². The molecule has 0 radical (unpaired) electrons. The number of aryl methyl sites for hydroxylation is 1. The van der Waals surface area contributed by atoms with Crippen LogP contribution in [0.15, 0.2) is 36.4 Å². The quantitative estimate of drug-likeness (QED) is 0.535. The molecule has 3 rings (SSSR count). The number of fused-ring (bicyclic) bond motifs is 1. The Balaban J connectivity index is 2.00. The molecule has 0 aliphatic carbocycles. The molecule has 1 heterocycles. The van der Waals surface area contributed by atoms with Crippen LogP contribution in [0.4, 0.5) is 5.69 Å². The van der Waals surface area contributed by atoms with E-state index in [-0.39, 0.29) is 5.41 Å².